The van der Waals surface area contributed by atoms with Gasteiger partial charge in [-0.25, -0.2) is 4.79 Å². The smallest absolute Gasteiger partial charge is 0.326 e. The van der Waals surface area contributed by atoms with E-state index in [0.29, 0.717) is 15.4 Å². The van der Waals surface area contributed by atoms with Crippen molar-refractivity contribution in [2.75, 3.05) is 0 Å². The van der Waals surface area contributed by atoms with Gasteiger partial charge < -0.3 is 9.67 Å². The fraction of sp³-hybridized carbons (Fsp3) is 0.167. The fourth-order valence-electron chi connectivity index (χ4n) is 2.54. The molecule has 0 aliphatic rings. The number of rotatable bonds is 3. The number of aryl methyl sites for hydroxylation is 1. The number of carboxylic acids is 1. The summed E-state index contributed by atoms with van der Waals surface area (Å²) in [6, 6.07) is 11.3. The molecule has 0 fully saturated rings. The van der Waals surface area contributed by atoms with Crippen LogP contribution in [0.25, 0.3) is 10.2 Å². The normalized spacial score (nSPS) is 13.2. The summed E-state index contributed by atoms with van der Waals surface area (Å²) in [5.41, 5.74) is 2.11. The maximum atomic E-state index is 12.5. The third-order valence-corrected chi connectivity index (χ3v) is 5.30. The van der Waals surface area contributed by atoms with Crippen molar-refractivity contribution in [3.05, 3.63) is 63.4 Å². The second kappa shape index (κ2) is 6.82. The zero-order chi connectivity index (χ0) is 18.1. The summed E-state index contributed by atoms with van der Waals surface area (Å²) in [6.07, 6.45) is 0. The lowest BCUT2D eigenvalue weighted by Crippen LogP contribution is -2.25. The fourth-order valence-corrected chi connectivity index (χ4v) is 3.89. The van der Waals surface area contributed by atoms with Crippen molar-refractivity contribution in [2.45, 2.75) is 19.9 Å². The zero-order valence-electron chi connectivity index (χ0n) is 13.6. The van der Waals surface area contributed by atoms with Gasteiger partial charge in [0.25, 0.3) is 5.91 Å². The van der Waals surface area contributed by atoms with Crippen LogP contribution in [0.1, 0.15) is 28.9 Å². The van der Waals surface area contributed by atoms with Crippen molar-refractivity contribution in [3.8, 4) is 0 Å². The minimum Gasteiger partial charge on any atom is -0.480 e. The highest BCUT2D eigenvalue weighted by atomic mass is 35.5. The van der Waals surface area contributed by atoms with E-state index in [9.17, 15) is 14.7 Å². The van der Waals surface area contributed by atoms with Gasteiger partial charge in [-0.1, -0.05) is 41.1 Å². The number of hydrogen-bond acceptors (Lipinski definition) is 3. The van der Waals surface area contributed by atoms with Crippen LogP contribution in [-0.2, 0) is 4.79 Å². The highest BCUT2D eigenvalue weighted by Gasteiger charge is 2.19. The number of aromatic nitrogens is 1. The standard InChI is InChI=1S/C18H15ClN2O3S/c1-10-5-3-8-14-15(10)25-18(21(14)11(2)17(23)24)20-16(22)12-6-4-7-13(19)9-12/h3-9,11H,1-2H3,(H,23,24)/b20-18-. The van der Waals surface area contributed by atoms with E-state index < -0.39 is 17.9 Å². The second-order valence-corrected chi connectivity index (χ2v) is 7.03. The number of nitrogens with zero attached hydrogens (tertiary/aromatic N) is 2. The predicted octanol–water partition coefficient (Wildman–Crippen LogP) is 4.05. The number of benzene rings is 2. The molecule has 0 radical (unpaired) electrons. The molecule has 7 heteroatoms. The molecule has 1 atom stereocenters. The molecule has 1 unspecified atom stereocenters. The van der Waals surface area contributed by atoms with Crippen LogP contribution in [0.2, 0.25) is 5.02 Å². The Balaban J connectivity index is 2.24. The van der Waals surface area contributed by atoms with Gasteiger partial charge in [0.1, 0.15) is 6.04 Å². The maximum Gasteiger partial charge on any atom is 0.326 e. The highest BCUT2D eigenvalue weighted by molar-refractivity contribution is 7.16. The number of carbonyl (C=O) groups excluding carboxylic acids is 1. The van der Waals surface area contributed by atoms with E-state index in [1.807, 2.05) is 25.1 Å². The topological polar surface area (TPSA) is 71.7 Å². The Morgan fingerprint density at radius 2 is 1.96 bits per heavy atom. The third-order valence-electron chi connectivity index (χ3n) is 3.86. The number of carboxylic acid groups (broad SMARTS) is 1. The molecule has 25 heavy (non-hydrogen) atoms. The van der Waals surface area contributed by atoms with Crippen LogP contribution < -0.4 is 4.80 Å². The summed E-state index contributed by atoms with van der Waals surface area (Å²) >= 11 is 7.23. The molecule has 0 aliphatic carbocycles. The van der Waals surface area contributed by atoms with E-state index in [4.69, 9.17) is 11.6 Å². The lowest BCUT2D eigenvalue weighted by molar-refractivity contribution is -0.140. The Morgan fingerprint density at radius 1 is 1.24 bits per heavy atom. The molecule has 1 amide bonds. The van der Waals surface area contributed by atoms with Crippen LogP contribution >= 0.6 is 22.9 Å². The molecule has 0 aliphatic heterocycles. The van der Waals surface area contributed by atoms with Crippen LogP contribution in [0.15, 0.2) is 47.5 Å². The van der Waals surface area contributed by atoms with Crippen molar-refractivity contribution in [2.24, 2.45) is 4.99 Å². The first kappa shape index (κ1) is 17.4. The Kier molecular flexibility index (Phi) is 4.74. The van der Waals surface area contributed by atoms with E-state index in [2.05, 4.69) is 4.99 Å². The molecular weight excluding hydrogens is 360 g/mol. The number of aliphatic carboxylic acids is 1. The van der Waals surface area contributed by atoms with Gasteiger partial charge in [-0.2, -0.15) is 4.99 Å². The van der Waals surface area contributed by atoms with Crippen LogP contribution in [0.4, 0.5) is 0 Å². The van der Waals surface area contributed by atoms with Gasteiger partial charge in [-0.05, 0) is 43.7 Å². The van der Waals surface area contributed by atoms with Gasteiger partial charge in [-0.3, -0.25) is 4.79 Å². The SMILES string of the molecule is Cc1cccc2c1s/c(=N\C(=O)c1cccc(Cl)c1)n2C(C)C(=O)O. The lowest BCUT2D eigenvalue weighted by atomic mass is 10.2. The molecule has 0 saturated carbocycles. The summed E-state index contributed by atoms with van der Waals surface area (Å²) in [4.78, 5) is 28.5. The van der Waals surface area contributed by atoms with Crippen molar-refractivity contribution in [3.63, 3.8) is 0 Å². The van der Waals surface area contributed by atoms with Crippen molar-refractivity contribution < 1.29 is 14.7 Å². The molecule has 3 aromatic rings. The Labute approximate surface area is 152 Å². The summed E-state index contributed by atoms with van der Waals surface area (Å²) in [5.74, 6) is -1.45. The molecule has 1 aromatic heterocycles. The van der Waals surface area contributed by atoms with E-state index in [0.717, 1.165) is 15.8 Å². The predicted molar refractivity (Wildman–Crippen MR) is 98.2 cm³/mol. The first-order valence-electron chi connectivity index (χ1n) is 7.56. The molecular formula is C18H15ClN2O3S. The van der Waals surface area contributed by atoms with Crippen LogP contribution in [0, 0.1) is 6.92 Å². The summed E-state index contributed by atoms with van der Waals surface area (Å²) in [5, 5.41) is 9.88. The van der Waals surface area contributed by atoms with Crippen molar-refractivity contribution in [1.82, 2.24) is 4.57 Å². The molecule has 0 spiro atoms. The monoisotopic (exact) mass is 374 g/mol. The van der Waals surface area contributed by atoms with Crippen molar-refractivity contribution in [1.29, 1.82) is 0 Å². The number of amides is 1. The van der Waals surface area contributed by atoms with Crippen LogP contribution in [0.5, 0.6) is 0 Å². The van der Waals surface area contributed by atoms with Gasteiger partial charge in [0, 0.05) is 10.6 Å². The highest BCUT2D eigenvalue weighted by Crippen LogP contribution is 2.24. The summed E-state index contributed by atoms with van der Waals surface area (Å²) in [7, 11) is 0. The van der Waals surface area contributed by atoms with Gasteiger partial charge in [-0.15, -0.1) is 0 Å². The molecule has 2 aromatic carbocycles. The van der Waals surface area contributed by atoms with E-state index in [1.165, 1.54) is 17.4 Å². The van der Waals surface area contributed by atoms with Gasteiger partial charge in [0.15, 0.2) is 4.80 Å². The average molecular weight is 375 g/mol. The molecule has 1 heterocycles. The molecule has 0 saturated heterocycles. The number of halogens is 1. The van der Waals surface area contributed by atoms with Gasteiger partial charge in [0.2, 0.25) is 0 Å². The van der Waals surface area contributed by atoms with E-state index in [1.54, 1.807) is 29.7 Å². The maximum absolute atomic E-state index is 12.5. The minimum absolute atomic E-state index is 0.351. The number of fused-ring (bicyclic) bond motifs is 1. The van der Waals surface area contributed by atoms with Gasteiger partial charge in [0.05, 0.1) is 10.2 Å². The van der Waals surface area contributed by atoms with Crippen LogP contribution in [-0.4, -0.2) is 21.6 Å². The average Bonchev–Trinajstić information content (AvgIpc) is 2.93. The molecule has 3 rings (SSSR count). The zero-order valence-corrected chi connectivity index (χ0v) is 15.1. The number of thiazole rings is 1. The van der Waals surface area contributed by atoms with E-state index in [-0.39, 0.29) is 0 Å². The number of carbonyl (C=O) groups is 2. The van der Waals surface area contributed by atoms with Crippen LogP contribution in [0.3, 0.4) is 0 Å². The molecule has 5 nitrogen and oxygen atoms in total. The Hall–Kier alpha value is -2.44. The first-order chi connectivity index (χ1) is 11.9. The summed E-state index contributed by atoms with van der Waals surface area (Å²) < 4.78 is 2.49. The second-order valence-electron chi connectivity index (χ2n) is 5.62. The van der Waals surface area contributed by atoms with E-state index >= 15 is 0 Å². The minimum atomic E-state index is -0.988. The third kappa shape index (κ3) is 3.36. The largest absolute Gasteiger partial charge is 0.480 e. The van der Waals surface area contributed by atoms with Crippen molar-refractivity contribution >= 4 is 45.0 Å². The Bertz CT molecular complexity index is 1050. The lowest BCUT2D eigenvalue weighted by Gasteiger charge is -2.10. The summed E-state index contributed by atoms with van der Waals surface area (Å²) in [6.45, 7) is 3.51. The van der Waals surface area contributed by atoms with Gasteiger partial charge >= 0.3 is 5.97 Å². The number of hydrogen-bond donors (Lipinski definition) is 1. The quantitative estimate of drug-likeness (QED) is 0.751. The molecule has 1 N–H and O–H groups in total. The molecule has 128 valence electrons. The first-order valence-corrected chi connectivity index (χ1v) is 8.76. The Morgan fingerprint density at radius 3 is 2.64 bits per heavy atom. The molecule has 0 bridgehead atoms.